The molecule has 1 heterocycles. The van der Waals surface area contributed by atoms with E-state index in [1.165, 1.54) is 12.1 Å². The lowest BCUT2D eigenvalue weighted by atomic mass is 9.90. The summed E-state index contributed by atoms with van der Waals surface area (Å²) < 4.78 is 13.1. The van der Waals surface area contributed by atoms with Crippen molar-refractivity contribution in [3.05, 3.63) is 35.6 Å². The van der Waals surface area contributed by atoms with E-state index < -0.39 is 12.0 Å². The molecular weight excluding hydrogens is 233 g/mol. The van der Waals surface area contributed by atoms with Crippen LogP contribution in [0.15, 0.2) is 24.3 Å². The van der Waals surface area contributed by atoms with Gasteiger partial charge < -0.3 is 5.11 Å². The van der Waals surface area contributed by atoms with Crippen molar-refractivity contribution in [3.63, 3.8) is 0 Å². The molecule has 0 bridgehead atoms. The minimum absolute atomic E-state index is 0.143. The molecule has 1 N–H and O–H groups in total. The first-order valence-corrected chi connectivity index (χ1v) is 6.29. The van der Waals surface area contributed by atoms with Crippen LogP contribution in [0.4, 0.5) is 4.39 Å². The Kier molecular flexibility index (Phi) is 3.97. The fourth-order valence-corrected chi connectivity index (χ4v) is 2.72. The molecule has 1 aliphatic rings. The Balaban J connectivity index is 2.13. The van der Waals surface area contributed by atoms with E-state index in [4.69, 9.17) is 0 Å². The Labute approximate surface area is 106 Å². The van der Waals surface area contributed by atoms with Gasteiger partial charge in [-0.15, -0.1) is 0 Å². The first kappa shape index (κ1) is 13.0. The number of aliphatic carboxylic acids is 1. The molecule has 0 spiro atoms. The van der Waals surface area contributed by atoms with Crippen molar-refractivity contribution in [3.8, 4) is 0 Å². The highest BCUT2D eigenvalue weighted by atomic mass is 19.1. The Morgan fingerprint density at radius 2 is 2.33 bits per heavy atom. The van der Waals surface area contributed by atoms with Crippen LogP contribution >= 0.6 is 0 Å². The van der Waals surface area contributed by atoms with Crippen LogP contribution in [0, 0.1) is 11.7 Å². The number of hydrogen-bond donors (Lipinski definition) is 1. The van der Waals surface area contributed by atoms with Crippen LogP contribution in [0.2, 0.25) is 0 Å². The normalized spacial score (nSPS) is 25.0. The van der Waals surface area contributed by atoms with Gasteiger partial charge in [-0.2, -0.15) is 0 Å². The van der Waals surface area contributed by atoms with Crippen molar-refractivity contribution in [1.82, 2.24) is 4.90 Å². The predicted octanol–water partition coefficient (Wildman–Crippen LogP) is 2.51. The predicted molar refractivity (Wildman–Crippen MR) is 66.6 cm³/mol. The second-order valence-corrected chi connectivity index (χ2v) is 5.00. The summed E-state index contributed by atoms with van der Waals surface area (Å²) >= 11 is 0. The van der Waals surface area contributed by atoms with E-state index in [0.29, 0.717) is 6.54 Å². The van der Waals surface area contributed by atoms with Crippen molar-refractivity contribution >= 4 is 5.97 Å². The Bertz CT molecular complexity index is 436. The van der Waals surface area contributed by atoms with Crippen LogP contribution in [-0.4, -0.2) is 28.6 Å². The largest absolute Gasteiger partial charge is 0.480 e. The third-order valence-corrected chi connectivity index (χ3v) is 3.56. The number of carboxylic acid groups (broad SMARTS) is 1. The molecule has 98 valence electrons. The monoisotopic (exact) mass is 251 g/mol. The van der Waals surface area contributed by atoms with Crippen LogP contribution in [0.25, 0.3) is 0 Å². The summed E-state index contributed by atoms with van der Waals surface area (Å²) in [6, 6.07) is 5.91. The van der Waals surface area contributed by atoms with Crippen LogP contribution in [0.1, 0.15) is 25.3 Å². The van der Waals surface area contributed by atoms with E-state index in [9.17, 15) is 14.3 Å². The van der Waals surface area contributed by atoms with Crippen LogP contribution < -0.4 is 0 Å². The zero-order valence-corrected chi connectivity index (χ0v) is 10.5. The van der Waals surface area contributed by atoms with Gasteiger partial charge in [0.25, 0.3) is 0 Å². The number of piperidine rings is 1. The van der Waals surface area contributed by atoms with Crippen LogP contribution in [-0.2, 0) is 11.3 Å². The van der Waals surface area contributed by atoms with Crippen molar-refractivity contribution in [2.45, 2.75) is 32.4 Å². The van der Waals surface area contributed by atoms with Gasteiger partial charge in [-0.25, -0.2) is 4.39 Å². The molecule has 2 unspecified atom stereocenters. The van der Waals surface area contributed by atoms with E-state index in [1.807, 2.05) is 17.9 Å². The van der Waals surface area contributed by atoms with E-state index in [-0.39, 0.29) is 11.7 Å². The first-order chi connectivity index (χ1) is 8.58. The number of hydrogen-bond acceptors (Lipinski definition) is 2. The highest BCUT2D eigenvalue weighted by Gasteiger charge is 2.33. The number of carboxylic acids is 1. The number of carbonyl (C=O) groups is 1. The van der Waals surface area contributed by atoms with Gasteiger partial charge in [0.15, 0.2) is 0 Å². The van der Waals surface area contributed by atoms with E-state index in [1.54, 1.807) is 6.07 Å². The van der Waals surface area contributed by atoms with Gasteiger partial charge in [-0.05, 0) is 43.0 Å². The first-order valence-electron chi connectivity index (χ1n) is 6.29. The van der Waals surface area contributed by atoms with Gasteiger partial charge in [0.2, 0.25) is 0 Å². The maximum atomic E-state index is 13.1. The molecule has 2 atom stereocenters. The molecule has 1 fully saturated rings. The molecule has 1 saturated heterocycles. The second-order valence-electron chi connectivity index (χ2n) is 5.00. The van der Waals surface area contributed by atoms with Gasteiger partial charge in [0.05, 0.1) is 0 Å². The standard InChI is InChI=1S/C14H18FNO2/c1-10-4-3-7-16(13(10)14(17)18)9-11-5-2-6-12(15)8-11/h2,5-6,8,10,13H,3-4,7,9H2,1H3,(H,17,18). The van der Waals surface area contributed by atoms with Crippen molar-refractivity contribution in [1.29, 1.82) is 0 Å². The topological polar surface area (TPSA) is 40.5 Å². The Morgan fingerprint density at radius 3 is 3.00 bits per heavy atom. The summed E-state index contributed by atoms with van der Waals surface area (Å²) in [5.41, 5.74) is 0.829. The zero-order chi connectivity index (χ0) is 13.1. The smallest absolute Gasteiger partial charge is 0.321 e. The highest BCUT2D eigenvalue weighted by Crippen LogP contribution is 2.25. The third kappa shape index (κ3) is 2.88. The minimum atomic E-state index is -0.779. The minimum Gasteiger partial charge on any atom is -0.480 e. The molecule has 4 heteroatoms. The fourth-order valence-electron chi connectivity index (χ4n) is 2.72. The molecule has 2 rings (SSSR count). The molecule has 18 heavy (non-hydrogen) atoms. The summed E-state index contributed by atoms with van der Waals surface area (Å²) in [4.78, 5) is 13.3. The average molecular weight is 251 g/mol. The SMILES string of the molecule is CC1CCCN(Cc2cccc(F)c2)C1C(=O)O. The van der Waals surface area contributed by atoms with Crippen LogP contribution in [0.3, 0.4) is 0 Å². The lowest BCUT2D eigenvalue weighted by molar-refractivity contribution is -0.147. The number of halogens is 1. The van der Waals surface area contributed by atoms with Gasteiger partial charge in [-0.1, -0.05) is 19.1 Å². The maximum Gasteiger partial charge on any atom is 0.321 e. The van der Waals surface area contributed by atoms with Crippen LogP contribution in [0.5, 0.6) is 0 Å². The highest BCUT2D eigenvalue weighted by molar-refractivity contribution is 5.74. The van der Waals surface area contributed by atoms with Gasteiger partial charge in [-0.3, -0.25) is 9.69 Å². The molecule has 3 nitrogen and oxygen atoms in total. The van der Waals surface area contributed by atoms with E-state index in [0.717, 1.165) is 24.9 Å². The summed E-state index contributed by atoms with van der Waals surface area (Å²) in [6.07, 6.45) is 1.94. The van der Waals surface area contributed by atoms with Crippen molar-refractivity contribution < 1.29 is 14.3 Å². The summed E-state index contributed by atoms with van der Waals surface area (Å²) in [5.74, 6) is -0.909. The molecular formula is C14H18FNO2. The number of rotatable bonds is 3. The fraction of sp³-hybridized carbons (Fsp3) is 0.500. The van der Waals surface area contributed by atoms with Gasteiger partial charge in [0, 0.05) is 6.54 Å². The number of likely N-dealkylation sites (tertiary alicyclic amines) is 1. The zero-order valence-electron chi connectivity index (χ0n) is 10.5. The number of nitrogens with zero attached hydrogens (tertiary/aromatic N) is 1. The quantitative estimate of drug-likeness (QED) is 0.897. The summed E-state index contributed by atoms with van der Waals surface area (Å²) in [7, 11) is 0. The van der Waals surface area contributed by atoms with E-state index >= 15 is 0 Å². The summed E-state index contributed by atoms with van der Waals surface area (Å²) in [5, 5.41) is 9.30. The van der Waals surface area contributed by atoms with Gasteiger partial charge in [0.1, 0.15) is 11.9 Å². The molecule has 0 saturated carbocycles. The maximum absolute atomic E-state index is 13.1. The Hall–Kier alpha value is -1.42. The van der Waals surface area contributed by atoms with E-state index in [2.05, 4.69) is 0 Å². The molecule has 0 amide bonds. The van der Waals surface area contributed by atoms with Gasteiger partial charge >= 0.3 is 5.97 Å². The molecule has 1 aliphatic heterocycles. The summed E-state index contributed by atoms with van der Waals surface area (Å²) in [6.45, 7) is 3.23. The second kappa shape index (κ2) is 5.48. The lowest BCUT2D eigenvalue weighted by Crippen LogP contribution is -2.48. The molecule has 1 aromatic carbocycles. The van der Waals surface area contributed by atoms with Crippen molar-refractivity contribution in [2.75, 3.05) is 6.54 Å². The lowest BCUT2D eigenvalue weighted by Gasteiger charge is -2.37. The molecule has 0 radical (unpaired) electrons. The average Bonchev–Trinajstić information content (AvgIpc) is 2.28. The Morgan fingerprint density at radius 1 is 1.56 bits per heavy atom. The molecule has 1 aromatic rings. The van der Waals surface area contributed by atoms with Crippen molar-refractivity contribution in [2.24, 2.45) is 5.92 Å². The molecule has 0 aromatic heterocycles. The molecule has 0 aliphatic carbocycles. The third-order valence-electron chi connectivity index (χ3n) is 3.56. The number of benzene rings is 1.